The largest absolute Gasteiger partial charge is 0.342 e. The van der Waals surface area contributed by atoms with Crippen LogP contribution in [-0.2, 0) is 21.2 Å². The lowest BCUT2D eigenvalue weighted by atomic mass is 10.00. The van der Waals surface area contributed by atoms with Crippen molar-refractivity contribution in [2.75, 3.05) is 26.2 Å². The van der Waals surface area contributed by atoms with Gasteiger partial charge >= 0.3 is 0 Å². The molecule has 0 unspecified atom stereocenters. The fourth-order valence-electron chi connectivity index (χ4n) is 3.50. The standard InChI is InChI=1S/C17H26N2O3S2/c1-14-6-5-9-18(13-14)16(20)12-15-7-8-17(23-15)24(21,22)19-10-3-2-4-11-19/h7-8,14H,2-6,9-13H2,1H3/t14-/m1/s1. The van der Waals surface area contributed by atoms with E-state index in [0.29, 0.717) is 29.6 Å². The molecule has 1 atom stereocenters. The van der Waals surface area contributed by atoms with Gasteiger partial charge in [0.2, 0.25) is 5.91 Å². The minimum atomic E-state index is -3.38. The summed E-state index contributed by atoms with van der Waals surface area (Å²) in [7, 11) is -3.38. The van der Waals surface area contributed by atoms with Gasteiger partial charge in [0, 0.05) is 31.1 Å². The van der Waals surface area contributed by atoms with Crippen molar-refractivity contribution in [2.24, 2.45) is 5.92 Å². The summed E-state index contributed by atoms with van der Waals surface area (Å²) in [4.78, 5) is 15.2. The molecule has 5 nitrogen and oxygen atoms in total. The van der Waals surface area contributed by atoms with Crippen molar-refractivity contribution in [1.82, 2.24) is 9.21 Å². The number of nitrogens with zero attached hydrogens (tertiary/aromatic N) is 2. The van der Waals surface area contributed by atoms with E-state index < -0.39 is 10.0 Å². The van der Waals surface area contributed by atoms with Crippen molar-refractivity contribution in [2.45, 2.75) is 49.7 Å². The van der Waals surface area contributed by atoms with Gasteiger partial charge in [-0.05, 0) is 43.7 Å². The average Bonchev–Trinajstić information content (AvgIpc) is 3.05. The van der Waals surface area contributed by atoms with Gasteiger partial charge < -0.3 is 4.90 Å². The predicted molar refractivity (Wildman–Crippen MR) is 95.6 cm³/mol. The van der Waals surface area contributed by atoms with E-state index in [1.807, 2.05) is 4.90 Å². The zero-order valence-corrected chi connectivity index (χ0v) is 15.9. The van der Waals surface area contributed by atoms with Crippen LogP contribution in [0.2, 0.25) is 0 Å². The van der Waals surface area contributed by atoms with Crippen LogP contribution in [0.25, 0.3) is 0 Å². The highest BCUT2D eigenvalue weighted by atomic mass is 32.2. The Balaban J connectivity index is 1.65. The molecule has 1 aromatic rings. The zero-order valence-electron chi connectivity index (χ0n) is 14.2. The highest BCUT2D eigenvalue weighted by Crippen LogP contribution is 2.28. The Hall–Kier alpha value is -0.920. The maximum absolute atomic E-state index is 12.7. The summed E-state index contributed by atoms with van der Waals surface area (Å²) in [6.07, 6.45) is 5.52. The van der Waals surface area contributed by atoms with Gasteiger partial charge in [-0.25, -0.2) is 8.42 Å². The maximum Gasteiger partial charge on any atom is 0.252 e. The van der Waals surface area contributed by atoms with E-state index in [0.717, 1.165) is 43.6 Å². The highest BCUT2D eigenvalue weighted by molar-refractivity contribution is 7.91. The molecule has 1 amide bonds. The fourth-order valence-corrected chi connectivity index (χ4v) is 6.52. The van der Waals surface area contributed by atoms with E-state index in [-0.39, 0.29) is 5.91 Å². The first kappa shape index (κ1) is 17.9. The number of hydrogen-bond donors (Lipinski definition) is 0. The lowest BCUT2D eigenvalue weighted by Crippen LogP contribution is -2.39. The Morgan fingerprint density at radius 1 is 1.17 bits per heavy atom. The molecule has 3 rings (SSSR count). The zero-order chi connectivity index (χ0) is 17.2. The summed E-state index contributed by atoms with van der Waals surface area (Å²) in [5, 5.41) is 0. The monoisotopic (exact) mass is 370 g/mol. The van der Waals surface area contributed by atoms with Gasteiger partial charge in [0.15, 0.2) is 0 Å². The topological polar surface area (TPSA) is 57.7 Å². The summed E-state index contributed by atoms with van der Waals surface area (Å²) in [6, 6.07) is 3.46. The van der Waals surface area contributed by atoms with Gasteiger partial charge in [0.25, 0.3) is 10.0 Å². The number of carbonyl (C=O) groups excluding carboxylic acids is 1. The summed E-state index contributed by atoms with van der Waals surface area (Å²) in [6.45, 7) is 5.05. The molecule has 0 spiro atoms. The predicted octanol–water partition coefficient (Wildman–Crippen LogP) is 2.72. The van der Waals surface area contributed by atoms with Crippen molar-refractivity contribution >= 4 is 27.3 Å². The van der Waals surface area contributed by atoms with Crippen LogP contribution in [0.1, 0.15) is 43.9 Å². The smallest absolute Gasteiger partial charge is 0.252 e. The second-order valence-electron chi connectivity index (χ2n) is 6.95. The van der Waals surface area contributed by atoms with Crippen molar-refractivity contribution in [3.8, 4) is 0 Å². The molecule has 0 aliphatic carbocycles. The third-order valence-corrected chi connectivity index (χ3v) is 8.33. The van der Waals surface area contributed by atoms with Gasteiger partial charge in [-0.1, -0.05) is 13.3 Å². The third kappa shape index (κ3) is 4.00. The van der Waals surface area contributed by atoms with Crippen molar-refractivity contribution in [3.63, 3.8) is 0 Å². The number of piperidine rings is 2. The Morgan fingerprint density at radius 2 is 1.92 bits per heavy atom. The third-order valence-electron chi connectivity index (χ3n) is 4.88. The van der Waals surface area contributed by atoms with Gasteiger partial charge in [0.1, 0.15) is 4.21 Å². The van der Waals surface area contributed by atoms with Gasteiger partial charge in [-0.15, -0.1) is 11.3 Å². The number of rotatable bonds is 4. The molecular weight excluding hydrogens is 344 g/mol. The van der Waals surface area contributed by atoms with Crippen LogP contribution in [0.4, 0.5) is 0 Å². The van der Waals surface area contributed by atoms with E-state index >= 15 is 0 Å². The number of likely N-dealkylation sites (tertiary alicyclic amines) is 1. The van der Waals surface area contributed by atoms with Crippen LogP contribution < -0.4 is 0 Å². The SMILES string of the molecule is C[C@@H]1CCCN(C(=O)Cc2ccc(S(=O)(=O)N3CCCCC3)s2)C1. The van der Waals surface area contributed by atoms with E-state index in [2.05, 4.69) is 6.92 Å². The molecule has 24 heavy (non-hydrogen) atoms. The van der Waals surface area contributed by atoms with Crippen molar-refractivity contribution in [1.29, 1.82) is 0 Å². The van der Waals surface area contributed by atoms with Crippen LogP contribution in [0, 0.1) is 5.92 Å². The molecule has 0 radical (unpaired) electrons. The molecule has 134 valence electrons. The molecular formula is C17H26N2O3S2. The quantitative estimate of drug-likeness (QED) is 0.819. The Bertz CT molecular complexity index is 678. The number of amides is 1. The van der Waals surface area contributed by atoms with E-state index in [1.54, 1.807) is 16.4 Å². The lowest BCUT2D eigenvalue weighted by Gasteiger charge is -2.30. The first-order valence-electron chi connectivity index (χ1n) is 8.83. The molecule has 1 aromatic heterocycles. The minimum absolute atomic E-state index is 0.116. The van der Waals surface area contributed by atoms with E-state index in [4.69, 9.17) is 0 Å². The Morgan fingerprint density at radius 3 is 2.62 bits per heavy atom. The maximum atomic E-state index is 12.7. The lowest BCUT2D eigenvalue weighted by molar-refractivity contribution is -0.132. The fraction of sp³-hybridized carbons (Fsp3) is 0.706. The Kier molecular flexibility index (Phi) is 5.62. The normalized spacial score (nSPS) is 23.4. The average molecular weight is 371 g/mol. The summed E-state index contributed by atoms with van der Waals surface area (Å²) in [5.74, 6) is 0.673. The first-order valence-corrected chi connectivity index (χ1v) is 11.1. The molecule has 0 N–H and O–H groups in total. The van der Waals surface area contributed by atoms with Crippen LogP contribution >= 0.6 is 11.3 Å². The summed E-state index contributed by atoms with van der Waals surface area (Å²) >= 11 is 1.25. The number of sulfonamides is 1. The van der Waals surface area contributed by atoms with Crippen LogP contribution in [0.5, 0.6) is 0 Å². The second-order valence-corrected chi connectivity index (χ2v) is 10.3. The van der Waals surface area contributed by atoms with Gasteiger partial charge in [0.05, 0.1) is 6.42 Å². The molecule has 0 saturated carbocycles. The molecule has 2 aliphatic rings. The van der Waals surface area contributed by atoms with Crippen molar-refractivity contribution < 1.29 is 13.2 Å². The van der Waals surface area contributed by atoms with Crippen LogP contribution in [-0.4, -0.2) is 49.7 Å². The number of thiophene rings is 1. The summed E-state index contributed by atoms with van der Waals surface area (Å²) in [5.41, 5.74) is 0. The van der Waals surface area contributed by atoms with Crippen LogP contribution in [0.15, 0.2) is 16.3 Å². The molecule has 0 bridgehead atoms. The van der Waals surface area contributed by atoms with E-state index in [1.165, 1.54) is 17.8 Å². The van der Waals surface area contributed by atoms with Crippen LogP contribution in [0.3, 0.4) is 0 Å². The molecule has 0 aromatic carbocycles. The first-order chi connectivity index (χ1) is 11.5. The molecule has 2 saturated heterocycles. The molecule has 3 heterocycles. The molecule has 2 fully saturated rings. The molecule has 7 heteroatoms. The van der Waals surface area contributed by atoms with E-state index in [9.17, 15) is 13.2 Å². The number of carbonyl (C=O) groups is 1. The van der Waals surface area contributed by atoms with Crippen molar-refractivity contribution in [3.05, 3.63) is 17.0 Å². The number of hydrogen-bond acceptors (Lipinski definition) is 4. The van der Waals surface area contributed by atoms with Gasteiger partial charge in [-0.3, -0.25) is 4.79 Å². The van der Waals surface area contributed by atoms with Gasteiger partial charge in [-0.2, -0.15) is 4.31 Å². The summed E-state index contributed by atoms with van der Waals surface area (Å²) < 4.78 is 27.3. The minimum Gasteiger partial charge on any atom is -0.342 e. The highest BCUT2D eigenvalue weighted by Gasteiger charge is 2.28. The Labute approximate surface area is 148 Å². The molecule has 2 aliphatic heterocycles. The second kappa shape index (κ2) is 7.54.